The van der Waals surface area contributed by atoms with Gasteiger partial charge in [-0.1, -0.05) is 105 Å². The van der Waals surface area contributed by atoms with Crippen LogP contribution in [0.4, 0.5) is 0 Å². The summed E-state index contributed by atoms with van der Waals surface area (Å²) in [5.74, 6) is -0.0242. The van der Waals surface area contributed by atoms with Gasteiger partial charge in [0.05, 0.1) is 6.61 Å². The number of carbonyl (C=O) groups excluding carboxylic acids is 1. The van der Waals surface area contributed by atoms with Crippen LogP contribution in [0.15, 0.2) is 0 Å². The molecule has 2 nitrogen and oxygen atoms in total. The first-order valence-electron chi connectivity index (χ1n) is 10.6. The fourth-order valence-corrected chi connectivity index (χ4v) is 2.86. The molecule has 0 unspecified atom stereocenters. The molecular formula is C22H44O2. The molecule has 0 N–H and O–H groups in total. The first-order chi connectivity index (χ1) is 11.5. The van der Waals surface area contributed by atoms with Gasteiger partial charge >= 0.3 is 5.97 Å². The fraction of sp³-hybridized carbons (Fsp3) is 0.955. The zero-order valence-corrected chi connectivity index (χ0v) is 17.1. The van der Waals surface area contributed by atoms with Crippen molar-refractivity contribution in [3.63, 3.8) is 0 Å². The molecule has 0 aromatic heterocycles. The Morgan fingerprint density at radius 1 is 0.708 bits per heavy atom. The van der Waals surface area contributed by atoms with E-state index < -0.39 is 0 Å². The van der Waals surface area contributed by atoms with Crippen LogP contribution in [-0.2, 0) is 9.53 Å². The zero-order valence-electron chi connectivity index (χ0n) is 17.1. The van der Waals surface area contributed by atoms with Crippen molar-refractivity contribution in [2.75, 3.05) is 6.61 Å². The monoisotopic (exact) mass is 340 g/mol. The van der Waals surface area contributed by atoms with Crippen LogP contribution in [0.25, 0.3) is 0 Å². The van der Waals surface area contributed by atoms with Gasteiger partial charge in [0.1, 0.15) is 0 Å². The summed E-state index contributed by atoms with van der Waals surface area (Å²) in [5.41, 5.74) is 0.217. The van der Waals surface area contributed by atoms with E-state index in [1.54, 1.807) is 0 Å². The highest BCUT2D eigenvalue weighted by Crippen LogP contribution is 2.20. The summed E-state index contributed by atoms with van der Waals surface area (Å²) in [6, 6.07) is 0. The first-order valence-corrected chi connectivity index (χ1v) is 10.6. The second-order valence-corrected chi connectivity index (χ2v) is 8.52. The molecule has 0 rings (SSSR count). The predicted molar refractivity (Wildman–Crippen MR) is 105 cm³/mol. The minimum absolute atomic E-state index is 0.0242. The Hall–Kier alpha value is -0.530. The maximum absolute atomic E-state index is 11.6. The number of hydrogen-bond donors (Lipinski definition) is 0. The topological polar surface area (TPSA) is 26.3 Å². The Morgan fingerprint density at radius 3 is 1.54 bits per heavy atom. The van der Waals surface area contributed by atoms with E-state index in [0.717, 1.165) is 12.8 Å². The molecular weight excluding hydrogens is 296 g/mol. The van der Waals surface area contributed by atoms with Crippen molar-refractivity contribution in [1.82, 2.24) is 0 Å². The number of rotatable bonds is 16. The molecule has 144 valence electrons. The third-order valence-electron chi connectivity index (χ3n) is 4.59. The largest absolute Gasteiger partial charge is 0.466 e. The van der Waals surface area contributed by atoms with Gasteiger partial charge in [0.2, 0.25) is 0 Å². The smallest absolute Gasteiger partial charge is 0.305 e. The first kappa shape index (κ1) is 23.5. The van der Waals surface area contributed by atoms with Crippen LogP contribution in [-0.4, -0.2) is 12.6 Å². The van der Waals surface area contributed by atoms with E-state index in [1.165, 1.54) is 77.0 Å². The molecule has 0 amide bonds. The van der Waals surface area contributed by atoms with Gasteiger partial charge in [0, 0.05) is 6.42 Å². The predicted octanol–water partition coefficient (Wildman–Crippen LogP) is 7.45. The molecule has 0 aliphatic rings. The van der Waals surface area contributed by atoms with E-state index >= 15 is 0 Å². The van der Waals surface area contributed by atoms with Gasteiger partial charge in [-0.05, 0) is 18.3 Å². The van der Waals surface area contributed by atoms with E-state index in [4.69, 9.17) is 4.74 Å². The number of ether oxygens (including phenoxy) is 1. The standard InChI is InChI=1S/C22H44O2/c1-5-6-7-8-9-10-11-12-13-14-15-16-17-20-24-21(23)18-19-22(2,3)4/h5-20H2,1-4H3. The fourth-order valence-electron chi connectivity index (χ4n) is 2.86. The molecule has 0 saturated heterocycles. The molecule has 2 heteroatoms. The average molecular weight is 341 g/mol. The molecule has 0 aliphatic heterocycles. The molecule has 0 aromatic rings. The SMILES string of the molecule is CCCCCCCCCCCCCCCOC(=O)CCC(C)(C)C. The number of unbranched alkanes of at least 4 members (excludes halogenated alkanes) is 12. The van der Waals surface area contributed by atoms with E-state index in [1.807, 2.05) is 0 Å². The molecule has 0 fully saturated rings. The van der Waals surface area contributed by atoms with Gasteiger partial charge in [-0.2, -0.15) is 0 Å². The molecule has 0 heterocycles. The lowest BCUT2D eigenvalue weighted by atomic mass is 9.91. The van der Waals surface area contributed by atoms with Gasteiger partial charge in [0.25, 0.3) is 0 Å². The minimum Gasteiger partial charge on any atom is -0.466 e. The second-order valence-electron chi connectivity index (χ2n) is 8.52. The Kier molecular flexibility index (Phi) is 15.6. The Labute approximate surface area is 152 Å². The summed E-state index contributed by atoms with van der Waals surface area (Å²) >= 11 is 0. The number of esters is 1. The number of hydrogen-bond acceptors (Lipinski definition) is 2. The summed E-state index contributed by atoms with van der Waals surface area (Å²) in [4.78, 5) is 11.6. The van der Waals surface area contributed by atoms with Crippen LogP contribution in [0.3, 0.4) is 0 Å². The summed E-state index contributed by atoms with van der Waals surface area (Å²) in [6.45, 7) is 9.37. The van der Waals surface area contributed by atoms with E-state index in [9.17, 15) is 4.79 Å². The van der Waals surface area contributed by atoms with E-state index in [0.29, 0.717) is 13.0 Å². The molecule has 0 spiro atoms. The highest BCUT2D eigenvalue weighted by molar-refractivity contribution is 5.69. The van der Waals surface area contributed by atoms with Crippen molar-refractivity contribution in [3.05, 3.63) is 0 Å². The Balaban J connectivity index is 3.16. The third kappa shape index (κ3) is 19.5. The van der Waals surface area contributed by atoms with Crippen LogP contribution in [0, 0.1) is 5.41 Å². The average Bonchev–Trinajstić information content (AvgIpc) is 2.52. The highest BCUT2D eigenvalue weighted by Gasteiger charge is 2.13. The van der Waals surface area contributed by atoms with Gasteiger partial charge in [-0.15, -0.1) is 0 Å². The maximum atomic E-state index is 11.6. The van der Waals surface area contributed by atoms with Crippen molar-refractivity contribution in [3.8, 4) is 0 Å². The van der Waals surface area contributed by atoms with Crippen molar-refractivity contribution < 1.29 is 9.53 Å². The van der Waals surface area contributed by atoms with E-state index in [-0.39, 0.29) is 11.4 Å². The third-order valence-corrected chi connectivity index (χ3v) is 4.59. The molecule has 24 heavy (non-hydrogen) atoms. The molecule has 0 aromatic carbocycles. The quantitative estimate of drug-likeness (QED) is 0.215. The van der Waals surface area contributed by atoms with Gasteiger partial charge in [-0.3, -0.25) is 4.79 Å². The van der Waals surface area contributed by atoms with Gasteiger partial charge < -0.3 is 4.74 Å². The summed E-state index contributed by atoms with van der Waals surface area (Å²) < 4.78 is 5.30. The molecule has 0 radical (unpaired) electrons. The lowest BCUT2D eigenvalue weighted by molar-refractivity contribution is -0.144. The van der Waals surface area contributed by atoms with Crippen LogP contribution in [0.2, 0.25) is 0 Å². The minimum atomic E-state index is -0.0242. The Bertz CT molecular complexity index is 278. The summed E-state index contributed by atoms with van der Waals surface area (Å²) in [7, 11) is 0. The van der Waals surface area contributed by atoms with Crippen molar-refractivity contribution in [2.24, 2.45) is 5.41 Å². The highest BCUT2D eigenvalue weighted by atomic mass is 16.5. The summed E-state index contributed by atoms with van der Waals surface area (Å²) in [5, 5.41) is 0. The van der Waals surface area contributed by atoms with Gasteiger partial charge in [-0.25, -0.2) is 0 Å². The van der Waals surface area contributed by atoms with Crippen LogP contribution in [0.1, 0.15) is 124 Å². The van der Waals surface area contributed by atoms with E-state index in [2.05, 4.69) is 27.7 Å². The lowest BCUT2D eigenvalue weighted by Crippen LogP contribution is -2.11. The maximum Gasteiger partial charge on any atom is 0.305 e. The number of carbonyl (C=O) groups is 1. The Morgan fingerprint density at radius 2 is 1.12 bits per heavy atom. The zero-order chi connectivity index (χ0) is 18.1. The van der Waals surface area contributed by atoms with Crippen LogP contribution >= 0.6 is 0 Å². The second kappa shape index (κ2) is 16.0. The lowest BCUT2D eigenvalue weighted by Gasteiger charge is -2.16. The summed E-state index contributed by atoms with van der Waals surface area (Å²) in [6.07, 6.45) is 19.0. The van der Waals surface area contributed by atoms with Crippen LogP contribution in [0.5, 0.6) is 0 Å². The van der Waals surface area contributed by atoms with Gasteiger partial charge in [0.15, 0.2) is 0 Å². The van der Waals surface area contributed by atoms with Crippen LogP contribution < -0.4 is 0 Å². The molecule has 0 saturated carbocycles. The van der Waals surface area contributed by atoms with Crippen molar-refractivity contribution >= 4 is 5.97 Å². The molecule has 0 atom stereocenters. The molecule has 0 bridgehead atoms. The van der Waals surface area contributed by atoms with Crippen molar-refractivity contribution in [1.29, 1.82) is 0 Å². The normalized spacial score (nSPS) is 11.7. The molecule has 0 aliphatic carbocycles. The van der Waals surface area contributed by atoms with Crippen molar-refractivity contribution in [2.45, 2.75) is 124 Å².